The van der Waals surface area contributed by atoms with Crippen molar-refractivity contribution in [3.63, 3.8) is 0 Å². The molecule has 118 valence electrons. The summed E-state index contributed by atoms with van der Waals surface area (Å²) >= 11 is 0. The molecule has 0 bridgehead atoms. The molecule has 2 N–H and O–H groups in total. The first-order valence-corrected chi connectivity index (χ1v) is 7.49. The van der Waals surface area contributed by atoms with Crippen LogP contribution in [-0.2, 0) is 0 Å². The van der Waals surface area contributed by atoms with Crippen LogP contribution in [0, 0.1) is 0 Å². The zero-order valence-corrected chi connectivity index (χ0v) is 12.8. The van der Waals surface area contributed by atoms with Crippen LogP contribution in [0.3, 0.4) is 0 Å². The number of pyridine rings is 1. The Kier molecular flexibility index (Phi) is 4.34. The number of aromatic nitrogens is 3. The molecule has 0 aliphatic carbocycles. The largest absolute Gasteiger partial charge is 0.396 e. The highest BCUT2D eigenvalue weighted by atomic mass is 16.3. The van der Waals surface area contributed by atoms with E-state index in [4.69, 9.17) is 5.11 Å². The van der Waals surface area contributed by atoms with Crippen molar-refractivity contribution >= 4 is 16.9 Å². The number of fused-ring (bicyclic) bond motifs is 1. The van der Waals surface area contributed by atoms with Crippen molar-refractivity contribution in [2.45, 2.75) is 19.4 Å². The molecular formula is C17H18N4O2. The van der Waals surface area contributed by atoms with Crippen molar-refractivity contribution in [3.8, 4) is 5.82 Å². The fourth-order valence-electron chi connectivity index (χ4n) is 2.38. The molecule has 23 heavy (non-hydrogen) atoms. The quantitative estimate of drug-likeness (QED) is 0.754. The number of para-hydroxylation sites is 2. The van der Waals surface area contributed by atoms with Crippen LogP contribution < -0.4 is 5.32 Å². The number of rotatable bonds is 5. The maximum Gasteiger partial charge on any atom is 0.253 e. The van der Waals surface area contributed by atoms with Gasteiger partial charge in [0.05, 0.1) is 16.6 Å². The summed E-state index contributed by atoms with van der Waals surface area (Å²) in [6.45, 7) is 1.90. The number of carbonyl (C=O) groups excluding carboxylic acids is 1. The van der Waals surface area contributed by atoms with Gasteiger partial charge in [-0.25, -0.2) is 9.97 Å². The Morgan fingerprint density at radius 1 is 1.26 bits per heavy atom. The average molecular weight is 310 g/mol. The fraction of sp³-hybridized carbons (Fsp3) is 0.235. The van der Waals surface area contributed by atoms with Crippen molar-refractivity contribution in [2.24, 2.45) is 0 Å². The summed E-state index contributed by atoms with van der Waals surface area (Å²) in [5.74, 6) is 0.513. The maximum absolute atomic E-state index is 12.1. The minimum atomic E-state index is -0.194. The van der Waals surface area contributed by atoms with E-state index in [2.05, 4.69) is 15.3 Å². The maximum atomic E-state index is 12.1. The van der Waals surface area contributed by atoms with Gasteiger partial charge in [0.1, 0.15) is 12.1 Å². The average Bonchev–Trinajstić information content (AvgIpc) is 2.99. The number of hydrogen-bond donors (Lipinski definition) is 2. The highest BCUT2D eigenvalue weighted by Crippen LogP contribution is 2.16. The minimum Gasteiger partial charge on any atom is -0.396 e. The molecule has 0 aliphatic heterocycles. The van der Waals surface area contributed by atoms with Gasteiger partial charge in [-0.15, -0.1) is 0 Å². The van der Waals surface area contributed by atoms with Gasteiger partial charge >= 0.3 is 0 Å². The summed E-state index contributed by atoms with van der Waals surface area (Å²) in [5, 5.41) is 11.7. The first-order valence-electron chi connectivity index (χ1n) is 7.49. The summed E-state index contributed by atoms with van der Waals surface area (Å²) in [6, 6.07) is 11.2. The van der Waals surface area contributed by atoms with E-state index in [0.717, 1.165) is 11.0 Å². The molecule has 3 aromatic rings. The van der Waals surface area contributed by atoms with Gasteiger partial charge in [-0.05, 0) is 37.6 Å². The lowest BCUT2D eigenvalue weighted by Gasteiger charge is -2.12. The van der Waals surface area contributed by atoms with Crippen LogP contribution in [0.1, 0.15) is 23.7 Å². The molecule has 1 unspecified atom stereocenters. The van der Waals surface area contributed by atoms with Crippen molar-refractivity contribution in [1.29, 1.82) is 0 Å². The molecule has 6 heteroatoms. The van der Waals surface area contributed by atoms with Gasteiger partial charge in [0.25, 0.3) is 5.91 Å². The molecule has 2 heterocycles. The zero-order chi connectivity index (χ0) is 16.2. The molecule has 1 atom stereocenters. The number of amides is 1. The summed E-state index contributed by atoms with van der Waals surface area (Å²) in [5.41, 5.74) is 2.35. The second-order valence-corrected chi connectivity index (χ2v) is 5.40. The molecular weight excluding hydrogens is 292 g/mol. The number of benzene rings is 1. The highest BCUT2D eigenvalue weighted by molar-refractivity contribution is 5.94. The van der Waals surface area contributed by atoms with Crippen LogP contribution in [0.5, 0.6) is 0 Å². The molecule has 0 saturated heterocycles. The number of aliphatic hydroxyl groups is 1. The Labute approximate surface area is 133 Å². The van der Waals surface area contributed by atoms with Crippen molar-refractivity contribution < 1.29 is 9.90 Å². The van der Waals surface area contributed by atoms with Gasteiger partial charge in [-0.1, -0.05) is 12.1 Å². The predicted octanol–water partition coefficient (Wildman–Crippen LogP) is 1.92. The number of aliphatic hydroxyl groups excluding tert-OH is 1. The SMILES string of the molecule is CC(CCO)NC(=O)c1ccc(-n2cnc3ccccc32)nc1. The number of imidazole rings is 1. The van der Waals surface area contributed by atoms with Crippen LogP contribution >= 0.6 is 0 Å². The van der Waals surface area contributed by atoms with Crippen molar-refractivity contribution in [3.05, 3.63) is 54.5 Å². The van der Waals surface area contributed by atoms with Gasteiger partial charge in [0, 0.05) is 18.8 Å². The van der Waals surface area contributed by atoms with Crippen LogP contribution in [-0.4, -0.2) is 38.2 Å². The van der Waals surface area contributed by atoms with E-state index >= 15 is 0 Å². The van der Waals surface area contributed by atoms with Gasteiger partial charge in [0.15, 0.2) is 0 Å². The first-order chi connectivity index (χ1) is 11.2. The van der Waals surface area contributed by atoms with Crippen LogP contribution in [0.25, 0.3) is 16.9 Å². The summed E-state index contributed by atoms with van der Waals surface area (Å²) < 4.78 is 1.88. The number of hydrogen-bond acceptors (Lipinski definition) is 4. The Hall–Kier alpha value is -2.73. The first kappa shape index (κ1) is 15.2. The van der Waals surface area contributed by atoms with Crippen LogP contribution in [0.15, 0.2) is 48.9 Å². The number of nitrogens with one attached hydrogen (secondary N) is 1. The molecule has 6 nitrogen and oxygen atoms in total. The Morgan fingerprint density at radius 2 is 2.09 bits per heavy atom. The summed E-state index contributed by atoms with van der Waals surface area (Å²) in [6.07, 6.45) is 3.79. The second-order valence-electron chi connectivity index (χ2n) is 5.40. The lowest BCUT2D eigenvalue weighted by atomic mass is 10.2. The Morgan fingerprint density at radius 3 is 2.83 bits per heavy atom. The molecule has 3 rings (SSSR count). The molecule has 0 aliphatic rings. The third-order valence-corrected chi connectivity index (χ3v) is 3.65. The highest BCUT2D eigenvalue weighted by Gasteiger charge is 2.11. The third kappa shape index (κ3) is 3.22. The Bertz CT molecular complexity index is 811. The van der Waals surface area contributed by atoms with E-state index in [1.165, 1.54) is 0 Å². The number of nitrogens with zero attached hydrogens (tertiary/aromatic N) is 3. The van der Waals surface area contributed by atoms with Crippen molar-refractivity contribution in [1.82, 2.24) is 19.9 Å². The van der Waals surface area contributed by atoms with Gasteiger partial charge in [-0.3, -0.25) is 9.36 Å². The minimum absolute atomic E-state index is 0.0480. The van der Waals surface area contributed by atoms with Crippen molar-refractivity contribution in [2.75, 3.05) is 6.61 Å². The molecule has 0 radical (unpaired) electrons. The normalized spacial score (nSPS) is 12.3. The van der Waals surface area contributed by atoms with E-state index in [-0.39, 0.29) is 18.6 Å². The molecule has 1 amide bonds. The monoisotopic (exact) mass is 310 g/mol. The van der Waals surface area contributed by atoms with Gasteiger partial charge in [0.2, 0.25) is 0 Å². The molecule has 2 aromatic heterocycles. The molecule has 0 spiro atoms. The smallest absolute Gasteiger partial charge is 0.253 e. The van der Waals surface area contributed by atoms with Gasteiger partial charge in [-0.2, -0.15) is 0 Å². The van der Waals surface area contributed by atoms with E-state index in [9.17, 15) is 4.79 Å². The lowest BCUT2D eigenvalue weighted by molar-refractivity contribution is 0.0934. The van der Waals surface area contributed by atoms with E-state index in [0.29, 0.717) is 17.8 Å². The molecule has 0 saturated carbocycles. The van der Waals surface area contributed by atoms with Gasteiger partial charge < -0.3 is 10.4 Å². The van der Waals surface area contributed by atoms with E-state index in [1.54, 1.807) is 24.7 Å². The fourth-order valence-corrected chi connectivity index (χ4v) is 2.38. The zero-order valence-electron chi connectivity index (χ0n) is 12.8. The summed E-state index contributed by atoms with van der Waals surface area (Å²) in [4.78, 5) is 20.8. The lowest BCUT2D eigenvalue weighted by Crippen LogP contribution is -2.33. The standard InChI is InChI=1S/C17H18N4O2/c1-12(8-9-22)20-17(23)13-6-7-16(18-10-13)21-11-19-14-4-2-3-5-15(14)21/h2-7,10-12,22H,8-9H2,1H3,(H,20,23). The second kappa shape index (κ2) is 6.58. The topological polar surface area (TPSA) is 80.0 Å². The summed E-state index contributed by atoms with van der Waals surface area (Å²) in [7, 11) is 0. The molecule has 0 fully saturated rings. The Balaban J connectivity index is 1.81. The molecule has 1 aromatic carbocycles. The van der Waals surface area contributed by atoms with E-state index < -0.39 is 0 Å². The van der Waals surface area contributed by atoms with Crippen LogP contribution in [0.4, 0.5) is 0 Å². The van der Waals surface area contributed by atoms with E-state index in [1.807, 2.05) is 35.8 Å². The third-order valence-electron chi connectivity index (χ3n) is 3.65. The van der Waals surface area contributed by atoms with Crippen LogP contribution in [0.2, 0.25) is 0 Å². The predicted molar refractivity (Wildman–Crippen MR) is 87.5 cm³/mol. The number of carbonyl (C=O) groups is 1.